The van der Waals surface area contributed by atoms with Crippen LogP contribution < -0.4 is 14.2 Å². The van der Waals surface area contributed by atoms with Crippen LogP contribution >= 0.6 is 0 Å². The number of carboxylic acids is 1. The lowest BCUT2D eigenvalue weighted by atomic mass is 10.2. The maximum absolute atomic E-state index is 12.6. The molecule has 0 saturated carbocycles. The molecule has 0 unspecified atom stereocenters. The van der Waals surface area contributed by atoms with Crippen LogP contribution in [0, 0.1) is 6.92 Å². The zero-order valence-electron chi connectivity index (χ0n) is 20.4. The molecular formula is C27H26N2O8. The number of aryl methyl sites for hydroxylation is 1. The highest BCUT2D eigenvalue weighted by Gasteiger charge is 2.20. The minimum atomic E-state index is -1.15. The lowest BCUT2D eigenvalue weighted by Gasteiger charge is -2.20. The molecule has 0 aliphatic heterocycles. The zero-order valence-corrected chi connectivity index (χ0v) is 20.4. The molecule has 2 heterocycles. The second kappa shape index (κ2) is 11.8. The molecule has 4 aromatic rings. The van der Waals surface area contributed by atoms with Gasteiger partial charge in [-0.25, -0.2) is 9.78 Å². The van der Waals surface area contributed by atoms with Crippen LogP contribution in [0.2, 0.25) is 0 Å². The normalized spacial score (nSPS) is 10.6. The number of furan rings is 1. The van der Waals surface area contributed by atoms with E-state index in [9.17, 15) is 14.7 Å². The number of hydrogen-bond donors (Lipinski definition) is 1. The van der Waals surface area contributed by atoms with E-state index in [-0.39, 0.29) is 12.3 Å². The fourth-order valence-electron chi connectivity index (χ4n) is 3.50. The van der Waals surface area contributed by atoms with Gasteiger partial charge in [0, 0.05) is 13.0 Å². The number of methoxy groups -OCH3 is 1. The van der Waals surface area contributed by atoms with Gasteiger partial charge in [-0.05, 0) is 61.0 Å². The van der Waals surface area contributed by atoms with Gasteiger partial charge in [-0.1, -0.05) is 12.1 Å². The first-order chi connectivity index (χ1) is 17.9. The van der Waals surface area contributed by atoms with Gasteiger partial charge >= 0.3 is 12.1 Å². The molecule has 0 aliphatic rings. The molecule has 2 aromatic heterocycles. The quantitative estimate of drug-likeness (QED) is 0.300. The van der Waals surface area contributed by atoms with Crippen LogP contribution in [0.15, 0.2) is 75.8 Å². The predicted molar refractivity (Wildman–Crippen MR) is 132 cm³/mol. The van der Waals surface area contributed by atoms with Crippen molar-refractivity contribution in [1.29, 1.82) is 0 Å². The van der Waals surface area contributed by atoms with Gasteiger partial charge in [-0.2, -0.15) is 0 Å². The summed E-state index contributed by atoms with van der Waals surface area (Å²) in [6.45, 7) is 1.76. The molecule has 2 aromatic carbocycles. The first-order valence-electron chi connectivity index (χ1n) is 11.5. The summed E-state index contributed by atoms with van der Waals surface area (Å²) in [7, 11) is 1.53. The van der Waals surface area contributed by atoms with Crippen molar-refractivity contribution in [2.75, 3.05) is 20.3 Å². The highest BCUT2D eigenvalue weighted by Crippen LogP contribution is 2.23. The van der Waals surface area contributed by atoms with E-state index >= 15 is 0 Å². The summed E-state index contributed by atoms with van der Waals surface area (Å²) in [5.74, 6) is 2.06. The summed E-state index contributed by atoms with van der Waals surface area (Å²) in [4.78, 5) is 29.5. The number of oxazole rings is 1. The van der Waals surface area contributed by atoms with Crippen LogP contribution in [0.25, 0.3) is 11.7 Å². The summed E-state index contributed by atoms with van der Waals surface area (Å²) in [6, 6.07) is 17.0. The van der Waals surface area contributed by atoms with E-state index in [0.717, 1.165) is 16.2 Å². The van der Waals surface area contributed by atoms with Gasteiger partial charge in [-0.3, -0.25) is 9.69 Å². The molecule has 0 bridgehead atoms. The van der Waals surface area contributed by atoms with E-state index in [2.05, 4.69) is 4.98 Å². The number of hydrogen-bond acceptors (Lipinski definition) is 8. The van der Waals surface area contributed by atoms with E-state index in [4.69, 9.17) is 23.0 Å². The number of aliphatic carboxylic acids is 1. The van der Waals surface area contributed by atoms with Gasteiger partial charge in [0.2, 0.25) is 0 Å². The number of carbonyl (C=O) groups is 2. The average Bonchev–Trinajstić information content (AvgIpc) is 3.55. The Kier molecular flexibility index (Phi) is 8.09. The molecular weight excluding hydrogens is 480 g/mol. The number of carbonyl (C=O) groups excluding carboxylic acids is 1. The van der Waals surface area contributed by atoms with Crippen molar-refractivity contribution >= 4 is 12.1 Å². The third kappa shape index (κ3) is 6.91. The fraction of sp³-hybridized carbons (Fsp3) is 0.222. The Hall–Kier alpha value is -4.73. The number of nitrogens with zero attached hydrogens (tertiary/aromatic N) is 2. The fourth-order valence-corrected chi connectivity index (χ4v) is 3.50. The molecule has 0 saturated heterocycles. The Labute approximate surface area is 213 Å². The van der Waals surface area contributed by atoms with E-state index in [1.165, 1.54) is 7.11 Å². The van der Waals surface area contributed by atoms with Gasteiger partial charge < -0.3 is 28.2 Å². The summed E-state index contributed by atoms with van der Waals surface area (Å²) < 4.78 is 27.2. The number of ether oxygens (including phenoxy) is 3. The standard InChI is InChI=1S/C27H26N2O8/c1-18-23(28-26(36-18)24-4-3-14-35-24)13-15-34-21-7-5-19(6-8-21)16-29(17-25(30)31)27(32)37-22-11-9-20(33-2)10-12-22/h3-12,14H,13,15-17H2,1-2H3,(H,30,31). The molecule has 37 heavy (non-hydrogen) atoms. The topological polar surface area (TPSA) is 124 Å². The van der Waals surface area contributed by atoms with Gasteiger partial charge in [0.05, 0.1) is 25.7 Å². The largest absolute Gasteiger partial charge is 0.497 e. The van der Waals surface area contributed by atoms with Crippen LogP contribution in [0.3, 0.4) is 0 Å². The van der Waals surface area contributed by atoms with Gasteiger partial charge in [0.1, 0.15) is 29.6 Å². The Bertz CT molecular complexity index is 1310. The monoisotopic (exact) mass is 506 g/mol. The van der Waals surface area contributed by atoms with Crippen LogP contribution in [0.4, 0.5) is 4.79 Å². The maximum atomic E-state index is 12.6. The third-order valence-corrected chi connectivity index (χ3v) is 5.38. The molecule has 1 amide bonds. The summed E-state index contributed by atoms with van der Waals surface area (Å²) in [6.07, 6.45) is 1.33. The smallest absolute Gasteiger partial charge is 0.416 e. The van der Waals surface area contributed by atoms with E-state index in [1.54, 1.807) is 66.9 Å². The lowest BCUT2D eigenvalue weighted by molar-refractivity contribution is -0.138. The highest BCUT2D eigenvalue weighted by molar-refractivity contribution is 5.78. The molecule has 0 atom stereocenters. The van der Waals surface area contributed by atoms with Gasteiger partial charge in [-0.15, -0.1) is 0 Å². The van der Waals surface area contributed by atoms with Crippen molar-refractivity contribution in [2.45, 2.75) is 19.9 Å². The molecule has 10 nitrogen and oxygen atoms in total. The minimum Gasteiger partial charge on any atom is -0.497 e. The van der Waals surface area contributed by atoms with Gasteiger partial charge in [0.25, 0.3) is 5.89 Å². The Morgan fingerprint density at radius 3 is 2.35 bits per heavy atom. The Balaban J connectivity index is 1.31. The molecule has 1 N–H and O–H groups in total. The van der Waals surface area contributed by atoms with Crippen molar-refractivity contribution in [3.8, 4) is 28.9 Å². The molecule has 4 rings (SSSR count). The number of carboxylic acid groups (broad SMARTS) is 1. The highest BCUT2D eigenvalue weighted by atomic mass is 16.6. The van der Waals surface area contributed by atoms with Crippen molar-refractivity contribution in [3.63, 3.8) is 0 Å². The van der Waals surface area contributed by atoms with Gasteiger partial charge in [0.15, 0.2) is 5.76 Å². The predicted octanol–water partition coefficient (Wildman–Crippen LogP) is 4.96. The van der Waals surface area contributed by atoms with Crippen LogP contribution in [0.5, 0.6) is 17.2 Å². The molecule has 0 aliphatic carbocycles. The van der Waals surface area contributed by atoms with E-state index in [0.29, 0.717) is 41.9 Å². The number of benzene rings is 2. The third-order valence-electron chi connectivity index (χ3n) is 5.38. The van der Waals surface area contributed by atoms with Crippen molar-refractivity contribution < 1.29 is 37.7 Å². The summed E-state index contributed by atoms with van der Waals surface area (Å²) >= 11 is 0. The van der Waals surface area contributed by atoms with Crippen molar-refractivity contribution in [3.05, 3.63) is 83.9 Å². The average molecular weight is 507 g/mol. The Morgan fingerprint density at radius 1 is 1.00 bits per heavy atom. The molecule has 10 heteroatoms. The Morgan fingerprint density at radius 2 is 1.70 bits per heavy atom. The van der Waals surface area contributed by atoms with Crippen LogP contribution in [-0.2, 0) is 17.8 Å². The minimum absolute atomic E-state index is 0.0509. The zero-order chi connectivity index (χ0) is 26.2. The van der Waals surface area contributed by atoms with Crippen molar-refractivity contribution in [2.24, 2.45) is 0 Å². The SMILES string of the molecule is COc1ccc(OC(=O)N(CC(=O)O)Cc2ccc(OCCc3nc(-c4ccco4)oc3C)cc2)cc1. The van der Waals surface area contributed by atoms with Crippen LogP contribution in [0.1, 0.15) is 17.0 Å². The first-order valence-corrected chi connectivity index (χ1v) is 11.5. The summed E-state index contributed by atoms with van der Waals surface area (Å²) in [5.41, 5.74) is 1.50. The number of aromatic nitrogens is 1. The summed E-state index contributed by atoms with van der Waals surface area (Å²) in [5, 5.41) is 9.25. The second-order valence-corrected chi connectivity index (χ2v) is 8.03. The van der Waals surface area contributed by atoms with E-state index < -0.39 is 18.6 Å². The van der Waals surface area contributed by atoms with Crippen molar-refractivity contribution in [1.82, 2.24) is 9.88 Å². The lowest BCUT2D eigenvalue weighted by Crippen LogP contribution is -2.37. The maximum Gasteiger partial charge on any atom is 0.416 e. The number of rotatable bonds is 11. The van der Waals surface area contributed by atoms with Crippen LogP contribution in [-0.4, -0.2) is 47.3 Å². The molecule has 0 spiro atoms. The first kappa shape index (κ1) is 25.4. The molecule has 192 valence electrons. The number of amides is 1. The second-order valence-electron chi connectivity index (χ2n) is 8.03. The molecule has 0 radical (unpaired) electrons. The van der Waals surface area contributed by atoms with E-state index in [1.807, 2.05) is 6.92 Å². The molecule has 0 fully saturated rings.